The van der Waals surface area contributed by atoms with Gasteiger partial charge in [0.1, 0.15) is 11.4 Å². The summed E-state index contributed by atoms with van der Waals surface area (Å²) in [5, 5.41) is 10.0. The lowest BCUT2D eigenvalue weighted by molar-refractivity contribution is -0.122. The molecule has 2 amide bonds. The number of hydrogen-bond acceptors (Lipinski definition) is 5. The lowest BCUT2D eigenvalue weighted by Crippen LogP contribution is -2.40. The zero-order valence-electron chi connectivity index (χ0n) is 19.1. The molecule has 2 N–H and O–H groups in total. The van der Waals surface area contributed by atoms with Crippen molar-refractivity contribution < 1.29 is 19.1 Å². The van der Waals surface area contributed by atoms with Crippen molar-refractivity contribution in [2.45, 2.75) is 72.1 Å². The van der Waals surface area contributed by atoms with Crippen molar-refractivity contribution >= 4 is 17.8 Å². The summed E-state index contributed by atoms with van der Waals surface area (Å²) in [4.78, 5) is 26.7. The van der Waals surface area contributed by atoms with E-state index >= 15 is 0 Å². The minimum absolute atomic E-state index is 0.309. The molecule has 1 unspecified atom stereocenters. The van der Waals surface area contributed by atoms with Gasteiger partial charge >= 0.3 is 6.09 Å². The molecular formula is C23H32N4O4. The van der Waals surface area contributed by atoms with Crippen molar-refractivity contribution in [1.29, 1.82) is 0 Å². The van der Waals surface area contributed by atoms with Crippen LogP contribution >= 0.6 is 0 Å². The maximum atomic E-state index is 12.7. The van der Waals surface area contributed by atoms with Gasteiger partial charge in [-0.25, -0.2) is 4.79 Å². The van der Waals surface area contributed by atoms with E-state index < -0.39 is 11.7 Å². The number of nitrogens with one attached hydrogen (secondary N) is 2. The van der Waals surface area contributed by atoms with Gasteiger partial charge in [-0.15, -0.1) is 0 Å². The smallest absolute Gasteiger partial charge is 0.410 e. The van der Waals surface area contributed by atoms with E-state index in [2.05, 4.69) is 29.4 Å². The third kappa shape index (κ3) is 5.77. The van der Waals surface area contributed by atoms with Crippen LogP contribution in [0.3, 0.4) is 0 Å². The van der Waals surface area contributed by atoms with Gasteiger partial charge in [-0.1, -0.05) is 26.0 Å². The molecule has 0 fully saturated rings. The van der Waals surface area contributed by atoms with Crippen LogP contribution in [-0.4, -0.2) is 45.3 Å². The van der Waals surface area contributed by atoms with Crippen molar-refractivity contribution in [2.75, 3.05) is 11.9 Å². The monoisotopic (exact) mass is 428 g/mol. The van der Waals surface area contributed by atoms with Crippen LogP contribution in [0.2, 0.25) is 0 Å². The van der Waals surface area contributed by atoms with Crippen LogP contribution in [0.1, 0.15) is 64.3 Å². The average Bonchev–Trinajstić information content (AvgIpc) is 3.09. The number of aromatic amines is 1. The van der Waals surface area contributed by atoms with Crippen LogP contribution in [0.25, 0.3) is 0 Å². The normalized spacial score (nSPS) is 14.7. The maximum absolute atomic E-state index is 12.7. The molecular weight excluding hydrogens is 396 g/mol. The fourth-order valence-corrected chi connectivity index (χ4v) is 3.29. The van der Waals surface area contributed by atoms with Crippen molar-refractivity contribution in [1.82, 2.24) is 15.1 Å². The van der Waals surface area contributed by atoms with E-state index in [0.29, 0.717) is 37.0 Å². The first kappa shape index (κ1) is 22.7. The number of aromatic nitrogens is 2. The molecule has 1 aromatic carbocycles. The van der Waals surface area contributed by atoms with Gasteiger partial charge in [-0.3, -0.25) is 9.89 Å². The van der Waals surface area contributed by atoms with Crippen molar-refractivity contribution in [2.24, 2.45) is 0 Å². The Morgan fingerprint density at radius 1 is 1.16 bits per heavy atom. The Kier molecular flexibility index (Phi) is 6.57. The number of carbonyl (C=O) groups excluding carboxylic acids is 2. The largest absolute Gasteiger partial charge is 0.481 e. The molecule has 1 aliphatic heterocycles. The summed E-state index contributed by atoms with van der Waals surface area (Å²) in [7, 11) is 0. The number of nitrogens with zero attached hydrogens (tertiary/aromatic N) is 2. The molecule has 0 saturated carbocycles. The van der Waals surface area contributed by atoms with Crippen molar-refractivity contribution in [3.05, 3.63) is 41.1 Å². The topological polar surface area (TPSA) is 96.5 Å². The number of amides is 2. The Morgan fingerprint density at radius 2 is 1.84 bits per heavy atom. The van der Waals surface area contributed by atoms with E-state index in [9.17, 15) is 9.59 Å². The molecule has 8 heteroatoms. The average molecular weight is 429 g/mol. The van der Waals surface area contributed by atoms with Crippen LogP contribution in [0.15, 0.2) is 24.3 Å². The number of benzene rings is 1. The van der Waals surface area contributed by atoms with Gasteiger partial charge in [0.05, 0.1) is 6.54 Å². The first-order chi connectivity index (χ1) is 14.5. The first-order valence-electron chi connectivity index (χ1n) is 10.6. The van der Waals surface area contributed by atoms with Gasteiger partial charge in [0.15, 0.2) is 11.9 Å². The van der Waals surface area contributed by atoms with E-state index in [-0.39, 0.29) is 12.0 Å². The van der Waals surface area contributed by atoms with E-state index in [1.165, 1.54) is 5.56 Å². The zero-order chi connectivity index (χ0) is 22.8. The third-order valence-corrected chi connectivity index (χ3v) is 5.06. The standard InChI is InChI=1S/C23H32N4O4/c1-14(2)16-7-9-17(10-8-16)30-15(3)21(28)24-20-18-13-27(12-11-19(18)25-26-20)22(29)31-23(4,5)6/h7-10,14-15H,11-13H2,1-6H3,(H2,24,25,26,28). The summed E-state index contributed by atoms with van der Waals surface area (Å²) in [6.07, 6.45) is -0.466. The lowest BCUT2D eigenvalue weighted by Gasteiger charge is -2.30. The minimum atomic E-state index is -0.706. The minimum Gasteiger partial charge on any atom is -0.481 e. The summed E-state index contributed by atoms with van der Waals surface area (Å²) >= 11 is 0. The van der Waals surface area contributed by atoms with Gasteiger partial charge in [-0.05, 0) is 51.3 Å². The second kappa shape index (κ2) is 8.99. The number of hydrogen-bond donors (Lipinski definition) is 2. The lowest BCUT2D eigenvalue weighted by atomic mass is 10.0. The van der Waals surface area contributed by atoms with Gasteiger partial charge < -0.3 is 19.7 Å². The molecule has 2 heterocycles. The van der Waals surface area contributed by atoms with E-state index in [4.69, 9.17) is 9.47 Å². The molecule has 0 saturated heterocycles. The van der Waals surface area contributed by atoms with Gasteiger partial charge in [0.2, 0.25) is 0 Å². The molecule has 1 aliphatic rings. The van der Waals surface area contributed by atoms with Crippen LogP contribution < -0.4 is 10.1 Å². The number of anilines is 1. The molecule has 0 spiro atoms. The van der Waals surface area contributed by atoms with Crippen LogP contribution in [-0.2, 0) is 22.5 Å². The number of ether oxygens (including phenoxy) is 2. The van der Waals surface area contributed by atoms with E-state index in [1.54, 1.807) is 11.8 Å². The maximum Gasteiger partial charge on any atom is 0.410 e. The number of fused-ring (bicyclic) bond motifs is 1. The van der Waals surface area contributed by atoms with Crippen LogP contribution in [0, 0.1) is 0 Å². The number of H-pyrrole nitrogens is 1. The van der Waals surface area contributed by atoms with Gasteiger partial charge in [-0.2, -0.15) is 5.10 Å². The van der Waals surface area contributed by atoms with Crippen LogP contribution in [0.4, 0.5) is 10.6 Å². The Balaban J connectivity index is 1.62. The molecule has 31 heavy (non-hydrogen) atoms. The number of rotatable bonds is 5. The SMILES string of the molecule is CC(Oc1ccc(C(C)C)cc1)C(=O)Nc1n[nH]c2c1CN(C(=O)OC(C)(C)C)CC2. The summed E-state index contributed by atoms with van der Waals surface area (Å²) in [6.45, 7) is 12.3. The molecule has 2 aromatic rings. The molecule has 0 bridgehead atoms. The molecule has 3 rings (SSSR count). The summed E-state index contributed by atoms with van der Waals surface area (Å²) < 4.78 is 11.2. The van der Waals surface area contributed by atoms with E-state index in [1.807, 2.05) is 45.0 Å². The molecule has 1 atom stereocenters. The highest BCUT2D eigenvalue weighted by molar-refractivity contribution is 5.94. The fraction of sp³-hybridized carbons (Fsp3) is 0.522. The summed E-state index contributed by atoms with van der Waals surface area (Å²) in [6, 6.07) is 7.74. The zero-order valence-corrected chi connectivity index (χ0v) is 19.1. The fourth-order valence-electron chi connectivity index (χ4n) is 3.29. The highest BCUT2D eigenvalue weighted by Crippen LogP contribution is 2.26. The first-order valence-corrected chi connectivity index (χ1v) is 10.6. The summed E-state index contributed by atoms with van der Waals surface area (Å²) in [5.74, 6) is 1.17. The summed E-state index contributed by atoms with van der Waals surface area (Å²) in [5.41, 5.74) is 2.35. The predicted octanol–water partition coefficient (Wildman–Crippen LogP) is 4.23. The Bertz CT molecular complexity index is 928. The molecule has 8 nitrogen and oxygen atoms in total. The van der Waals surface area contributed by atoms with Crippen molar-refractivity contribution in [3.63, 3.8) is 0 Å². The Morgan fingerprint density at radius 3 is 2.45 bits per heavy atom. The molecule has 0 aliphatic carbocycles. The van der Waals surface area contributed by atoms with Gasteiger partial charge in [0, 0.05) is 24.2 Å². The Hall–Kier alpha value is -3.03. The highest BCUT2D eigenvalue weighted by atomic mass is 16.6. The third-order valence-electron chi connectivity index (χ3n) is 5.06. The Labute approximate surface area is 183 Å². The quantitative estimate of drug-likeness (QED) is 0.743. The highest BCUT2D eigenvalue weighted by Gasteiger charge is 2.29. The number of carbonyl (C=O) groups is 2. The second-order valence-electron chi connectivity index (χ2n) is 9.15. The van der Waals surface area contributed by atoms with Gasteiger partial charge in [0.25, 0.3) is 5.91 Å². The van der Waals surface area contributed by atoms with Crippen LogP contribution in [0.5, 0.6) is 5.75 Å². The second-order valence-corrected chi connectivity index (χ2v) is 9.15. The molecule has 168 valence electrons. The van der Waals surface area contributed by atoms with E-state index in [0.717, 1.165) is 11.3 Å². The predicted molar refractivity (Wildman–Crippen MR) is 118 cm³/mol. The van der Waals surface area contributed by atoms with Crippen molar-refractivity contribution in [3.8, 4) is 5.75 Å². The molecule has 1 aromatic heterocycles. The molecule has 0 radical (unpaired) electrons.